The molecule has 1 N–H and O–H groups in total. The van der Waals surface area contributed by atoms with Crippen LogP contribution in [-0.4, -0.2) is 37.7 Å². The quantitative estimate of drug-likeness (QED) is 0.880. The van der Waals surface area contributed by atoms with E-state index in [9.17, 15) is 4.79 Å². The molecule has 0 saturated heterocycles. The zero-order chi connectivity index (χ0) is 12.4. The molecule has 0 fully saturated rings. The number of rotatable bonds is 3. The predicted octanol–water partition coefficient (Wildman–Crippen LogP) is 1.02. The van der Waals surface area contributed by atoms with Gasteiger partial charge in [-0.05, 0) is 0 Å². The molecule has 7 nitrogen and oxygen atoms in total. The van der Waals surface area contributed by atoms with Gasteiger partial charge in [0.15, 0.2) is 11.5 Å². The minimum atomic E-state index is -1.12. The van der Waals surface area contributed by atoms with Crippen molar-refractivity contribution in [2.45, 2.75) is 0 Å². The van der Waals surface area contributed by atoms with Crippen LogP contribution in [-0.2, 0) is 0 Å². The van der Waals surface area contributed by atoms with Crippen LogP contribution in [0, 0.1) is 0 Å². The minimum Gasteiger partial charge on any atom is -0.476 e. The highest BCUT2D eigenvalue weighted by Gasteiger charge is 2.12. The first kappa shape index (κ1) is 11.3. The fourth-order valence-electron chi connectivity index (χ4n) is 1.17. The molecule has 0 bridgehead atoms. The summed E-state index contributed by atoms with van der Waals surface area (Å²) in [5.41, 5.74) is -0.0985. The highest BCUT2D eigenvalue weighted by Crippen LogP contribution is 2.19. The zero-order valence-electron chi connectivity index (χ0n) is 8.66. The molecule has 0 amide bonds. The lowest BCUT2D eigenvalue weighted by atomic mass is 10.5. The number of carboxylic acid groups (broad SMARTS) is 1. The van der Waals surface area contributed by atoms with Crippen molar-refractivity contribution in [3.05, 3.63) is 29.4 Å². The van der Waals surface area contributed by atoms with E-state index in [1.165, 1.54) is 30.4 Å². The van der Waals surface area contributed by atoms with E-state index in [1.807, 2.05) is 0 Å². The SMILES string of the molecule is COc1ncc(Cl)c(-n2cnc(C(=O)O)c2)n1. The third-order valence-corrected chi connectivity index (χ3v) is 2.20. The molecular formula is C9H7ClN4O3. The molecule has 0 saturated carbocycles. The smallest absolute Gasteiger partial charge is 0.356 e. The summed E-state index contributed by atoms with van der Waals surface area (Å²) < 4.78 is 6.24. The number of ether oxygens (including phenoxy) is 1. The number of nitrogens with zero attached hydrogens (tertiary/aromatic N) is 4. The Morgan fingerprint density at radius 1 is 1.53 bits per heavy atom. The molecule has 0 aliphatic heterocycles. The summed E-state index contributed by atoms with van der Waals surface area (Å²) in [7, 11) is 1.42. The lowest BCUT2D eigenvalue weighted by molar-refractivity contribution is 0.0691. The average molecular weight is 255 g/mol. The number of aromatic carboxylic acids is 1. The van der Waals surface area contributed by atoms with Gasteiger partial charge < -0.3 is 9.84 Å². The monoisotopic (exact) mass is 254 g/mol. The molecule has 0 aliphatic rings. The van der Waals surface area contributed by atoms with Crippen LogP contribution in [0.2, 0.25) is 5.02 Å². The van der Waals surface area contributed by atoms with Crippen molar-refractivity contribution in [3.8, 4) is 11.8 Å². The number of imidazole rings is 1. The normalized spacial score (nSPS) is 10.2. The lowest BCUT2D eigenvalue weighted by Crippen LogP contribution is -2.00. The van der Waals surface area contributed by atoms with Crippen molar-refractivity contribution in [2.24, 2.45) is 0 Å². The van der Waals surface area contributed by atoms with Crippen molar-refractivity contribution < 1.29 is 14.6 Å². The second-order valence-corrected chi connectivity index (χ2v) is 3.41. The molecule has 0 aliphatic carbocycles. The third kappa shape index (κ3) is 2.18. The number of hydrogen-bond acceptors (Lipinski definition) is 5. The molecule has 0 radical (unpaired) electrons. The van der Waals surface area contributed by atoms with E-state index < -0.39 is 5.97 Å². The summed E-state index contributed by atoms with van der Waals surface area (Å²) >= 11 is 5.90. The van der Waals surface area contributed by atoms with E-state index in [-0.39, 0.29) is 16.7 Å². The van der Waals surface area contributed by atoms with Crippen LogP contribution in [0.15, 0.2) is 18.7 Å². The molecule has 0 unspecified atom stereocenters. The molecule has 2 aromatic heterocycles. The van der Waals surface area contributed by atoms with Crippen LogP contribution < -0.4 is 4.74 Å². The molecule has 17 heavy (non-hydrogen) atoms. The van der Waals surface area contributed by atoms with Crippen LogP contribution >= 0.6 is 11.6 Å². The number of aromatic nitrogens is 4. The lowest BCUT2D eigenvalue weighted by Gasteiger charge is -2.04. The maximum absolute atomic E-state index is 10.7. The topological polar surface area (TPSA) is 90.1 Å². The van der Waals surface area contributed by atoms with Crippen LogP contribution in [0.1, 0.15) is 10.5 Å². The molecule has 2 aromatic rings. The van der Waals surface area contributed by atoms with Crippen molar-refractivity contribution in [1.82, 2.24) is 19.5 Å². The third-order valence-electron chi connectivity index (χ3n) is 1.93. The standard InChI is InChI=1S/C9H7ClN4O3/c1-17-9-11-2-5(10)7(13-9)14-3-6(8(15)16)12-4-14/h2-4H,1H3,(H,15,16). The molecule has 0 aromatic carbocycles. The van der Waals surface area contributed by atoms with E-state index >= 15 is 0 Å². The van der Waals surface area contributed by atoms with E-state index in [1.54, 1.807) is 0 Å². The van der Waals surface area contributed by atoms with Crippen molar-refractivity contribution >= 4 is 17.6 Å². The maximum atomic E-state index is 10.7. The Bertz CT molecular complexity index is 569. The molecule has 88 valence electrons. The summed E-state index contributed by atoms with van der Waals surface area (Å²) in [5, 5.41) is 9.01. The van der Waals surface area contributed by atoms with Gasteiger partial charge in [0.25, 0.3) is 0 Å². The van der Waals surface area contributed by atoms with Gasteiger partial charge in [-0.1, -0.05) is 11.6 Å². The summed E-state index contributed by atoms with van der Waals surface area (Å²) in [5.74, 6) is -0.820. The Morgan fingerprint density at radius 2 is 2.29 bits per heavy atom. The fraction of sp³-hybridized carbons (Fsp3) is 0.111. The van der Waals surface area contributed by atoms with Gasteiger partial charge in [-0.25, -0.2) is 14.8 Å². The highest BCUT2D eigenvalue weighted by atomic mass is 35.5. The van der Waals surface area contributed by atoms with Crippen molar-refractivity contribution in [2.75, 3.05) is 7.11 Å². The number of hydrogen-bond donors (Lipinski definition) is 1. The number of carboxylic acids is 1. The van der Waals surface area contributed by atoms with E-state index in [0.717, 1.165) is 0 Å². The van der Waals surface area contributed by atoms with Crippen LogP contribution in [0.3, 0.4) is 0 Å². The van der Waals surface area contributed by atoms with Gasteiger partial charge in [-0.2, -0.15) is 4.98 Å². The Morgan fingerprint density at radius 3 is 2.88 bits per heavy atom. The van der Waals surface area contributed by atoms with E-state index in [2.05, 4.69) is 15.0 Å². The maximum Gasteiger partial charge on any atom is 0.356 e. The second-order valence-electron chi connectivity index (χ2n) is 3.00. The molecule has 2 rings (SSSR count). The average Bonchev–Trinajstić information content (AvgIpc) is 2.79. The first-order valence-electron chi connectivity index (χ1n) is 4.46. The van der Waals surface area contributed by atoms with Gasteiger partial charge in [-0.15, -0.1) is 0 Å². The summed E-state index contributed by atoms with van der Waals surface area (Å²) in [6, 6.07) is 0.134. The molecule has 0 atom stereocenters. The zero-order valence-corrected chi connectivity index (χ0v) is 9.42. The van der Waals surface area contributed by atoms with Crippen molar-refractivity contribution in [3.63, 3.8) is 0 Å². The Hall–Kier alpha value is -2.15. The van der Waals surface area contributed by atoms with Gasteiger partial charge in [0.05, 0.1) is 13.3 Å². The second kappa shape index (κ2) is 4.38. The molecule has 8 heteroatoms. The van der Waals surface area contributed by atoms with Gasteiger partial charge in [0.1, 0.15) is 11.3 Å². The van der Waals surface area contributed by atoms with Crippen LogP contribution in [0.25, 0.3) is 5.82 Å². The molecule has 2 heterocycles. The summed E-state index contributed by atoms with van der Waals surface area (Å²) in [6.07, 6.45) is 3.97. The first-order chi connectivity index (χ1) is 8.11. The Kier molecular flexibility index (Phi) is 2.92. The predicted molar refractivity (Wildman–Crippen MR) is 57.7 cm³/mol. The summed E-state index contributed by atoms with van der Waals surface area (Å²) in [4.78, 5) is 22.2. The fourth-order valence-corrected chi connectivity index (χ4v) is 1.36. The van der Waals surface area contributed by atoms with E-state index in [4.69, 9.17) is 21.4 Å². The van der Waals surface area contributed by atoms with Crippen LogP contribution in [0.5, 0.6) is 6.01 Å². The Balaban J connectivity index is 2.47. The van der Waals surface area contributed by atoms with Gasteiger partial charge in [0, 0.05) is 6.20 Å². The summed E-state index contributed by atoms with van der Waals surface area (Å²) in [6.45, 7) is 0. The van der Waals surface area contributed by atoms with Crippen molar-refractivity contribution in [1.29, 1.82) is 0 Å². The van der Waals surface area contributed by atoms with Gasteiger partial charge in [0.2, 0.25) is 0 Å². The number of halogens is 1. The number of carbonyl (C=O) groups is 1. The Labute approximate surface area is 101 Å². The number of methoxy groups -OCH3 is 1. The first-order valence-corrected chi connectivity index (χ1v) is 4.84. The van der Waals surface area contributed by atoms with Gasteiger partial charge >= 0.3 is 12.0 Å². The largest absolute Gasteiger partial charge is 0.476 e. The molecular weight excluding hydrogens is 248 g/mol. The highest BCUT2D eigenvalue weighted by molar-refractivity contribution is 6.32. The minimum absolute atomic E-state index is 0.0985. The van der Waals surface area contributed by atoms with Crippen LogP contribution in [0.4, 0.5) is 0 Å². The van der Waals surface area contributed by atoms with Gasteiger partial charge in [-0.3, -0.25) is 4.57 Å². The van der Waals surface area contributed by atoms with E-state index in [0.29, 0.717) is 5.82 Å². The molecule has 0 spiro atoms.